The van der Waals surface area contributed by atoms with Crippen molar-refractivity contribution in [3.63, 3.8) is 0 Å². The second kappa shape index (κ2) is 8.00. The summed E-state index contributed by atoms with van der Waals surface area (Å²) in [7, 11) is 0. The number of benzene rings is 3. The molecule has 1 aliphatic heterocycles. The molecule has 1 saturated heterocycles. The number of hydrogen-bond acceptors (Lipinski definition) is 3. The van der Waals surface area contributed by atoms with Crippen LogP contribution in [-0.2, 0) is 11.3 Å². The van der Waals surface area contributed by atoms with Gasteiger partial charge in [-0.2, -0.15) is 0 Å². The molecule has 3 aromatic carbocycles. The third-order valence-corrected chi connectivity index (χ3v) is 6.25. The molecule has 0 spiro atoms. The summed E-state index contributed by atoms with van der Waals surface area (Å²) in [6.07, 6.45) is 1.66. The van der Waals surface area contributed by atoms with Crippen LogP contribution in [-0.4, -0.2) is 38.5 Å². The number of nitrogens with one attached hydrogen (secondary N) is 1. The van der Waals surface area contributed by atoms with Crippen molar-refractivity contribution in [2.24, 2.45) is 0 Å². The number of H-pyrrole nitrogens is 1. The Balaban J connectivity index is 1.47. The maximum absolute atomic E-state index is 11.5. The molecule has 0 saturated carbocycles. The van der Waals surface area contributed by atoms with E-state index in [1.165, 1.54) is 16.7 Å². The largest absolute Gasteiger partial charge is 0.480 e. The first-order valence-corrected chi connectivity index (χ1v) is 10.7. The Morgan fingerprint density at radius 3 is 2.71 bits per heavy atom. The minimum absolute atomic E-state index is 0.378. The molecule has 31 heavy (non-hydrogen) atoms. The maximum Gasteiger partial charge on any atom is 0.320 e. The molecule has 0 unspecified atom stereocenters. The average Bonchev–Trinajstić information content (AvgIpc) is 3.41. The first-order valence-electron chi connectivity index (χ1n) is 10.7. The summed E-state index contributed by atoms with van der Waals surface area (Å²) in [6.45, 7) is 3.61. The molecular weight excluding hydrogens is 386 g/mol. The predicted molar refractivity (Wildman–Crippen MR) is 123 cm³/mol. The summed E-state index contributed by atoms with van der Waals surface area (Å²) >= 11 is 0. The molecule has 1 atom stereocenters. The quantitative estimate of drug-likeness (QED) is 0.470. The zero-order chi connectivity index (χ0) is 21.4. The van der Waals surface area contributed by atoms with Crippen molar-refractivity contribution in [1.82, 2.24) is 14.9 Å². The highest BCUT2D eigenvalue weighted by molar-refractivity contribution is 5.83. The molecule has 0 radical (unpaired) electrons. The van der Waals surface area contributed by atoms with Gasteiger partial charge in [-0.15, -0.1) is 0 Å². The summed E-state index contributed by atoms with van der Waals surface area (Å²) in [5.74, 6) is 0.128. The standard InChI is InChI=1S/C26H25N3O2/c1-17-20(19-7-3-2-4-8-19)9-5-10-21(17)25-27-22-13-12-18(15-23(22)28-25)16-29-14-6-11-24(29)26(30)31/h2-5,7-10,12-13,15,24H,6,11,14,16H2,1H3,(H,27,28)(H,30,31)/t24-/m1/s1. The van der Waals surface area contributed by atoms with Gasteiger partial charge in [0.1, 0.15) is 11.9 Å². The van der Waals surface area contributed by atoms with Crippen LogP contribution in [0.4, 0.5) is 0 Å². The third-order valence-electron chi connectivity index (χ3n) is 6.25. The molecule has 1 aliphatic rings. The van der Waals surface area contributed by atoms with Crippen LogP contribution in [0.3, 0.4) is 0 Å². The minimum Gasteiger partial charge on any atom is -0.480 e. The lowest BCUT2D eigenvalue weighted by Crippen LogP contribution is -2.35. The number of aliphatic carboxylic acids is 1. The molecule has 4 aromatic rings. The molecule has 2 heterocycles. The highest BCUT2D eigenvalue weighted by Gasteiger charge is 2.30. The van der Waals surface area contributed by atoms with Crippen LogP contribution in [0.2, 0.25) is 0 Å². The van der Waals surface area contributed by atoms with Crippen LogP contribution in [0.25, 0.3) is 33.5 Å². The van der Waals surface area contributed by atoms with E-state index in [0.717, 1.165) is 47.4 Å². The number of imidazole rings is 1. The number of rotatable bonds is 5. The molecule has 5 rings (SSSR count). The zero-order valence-electron chi connectivity index (χ0n) is 17.5. The van der Waals surface area contributed by atoms with E-state index in [1.807, 2.05) is 17.0 Å². The van der Waals surface area contributed by atoms with E-state index in [0.29, 0.717) is 6.54 Å². The maximum atomic E-state index is 11.5. The molecular formula is C26H25N3O2. The Labute approximate surface area is 181 Å². The molecule has 0 aliphatic carbocycles. The van der Waals surface area contributed by atoms with Gasteiger partial charge in [0, 0.05) is 12.1 Å². The number of carbonyl (C=O) groups is 1. The van der Waals surface area contributed by atoms with E-state index in [2.05, 4.69) is 66.5 Å². The lowest BCUT2D eigenvalue weighted by molar-refractivity contribution is -0.142. The Morgan fingerprint density at radius 2 is 1.90 bits per heavy atom. The summed E-state index contributed by atoms with van der Waals surface area (Å²) in [4.78, 5) is 21.8. The summed E-state index contributed by atoms with van der Waals surface area (Å²) in [6, 6.07) is 22.5. The van der Waals surface area contributed by atoms with Gasteiger partial charge in [-0.25, -0.2) is 4.98 Å². The molecule has 2 N–H and O–H groups in total. The second-order valence-corrected chi connectivity index (χ2v) is 8.25. The zero-order valence-corrected chi connectivity index (χ0v) is 17.5. The summed E-state index contributed by atoms with van der Waals surface area (Å²) < 4.78 is 0. The van der Waals surface area contributed by atoms with Crippen molar-refractivity contribution in [3.8, 4) is 22.5 Å². The predicted octanol–water partition coefficient (Wildman–Crippen LogP) is 5.25. The normalized spacial score (nSPS) is 16.7. The Kier molecular flexibility index (Phi) is 5.04. The van der Waals surface area contributed by atoms with Gasteiger partial charge in [-0.3, -0.25) is 9.69 Å². The van der Waals surface area contributed by atoms with E-state index in [1.54, 1.807) is 0 Å². The molecule has 1 aromatic heterocycles. The van der Waals surface area contributed by atoms with Gasteiger partial charge in [-0.1, -0.05) is 54.6 Å². The van der Waals surface area contributed by atoms with E-state index < -0.39 is 5.97 Å². The van der Waals surface area contributed by atoms with Crippen molar-refractivity contribution < 1.29 is 9.90 Å². The number of nitrogens with zero attached hydrogens (tertiary/aromatic N) is 2. The lowest BCUT2D eigenvalue weighted by Gasteiger charge is -2.20. The third kappa shape index (κ3) is 3.73. The van der Waals surface area contributed by atoms with E-state index in [4.69, 9.17) is 4.98 Å². The second-order valence-electron chi connectivity index (χ2n) is 8.25. The fraction of sp³-hybridized carbons (Fsp3) is 0.231. The molecule has 0 bridgehead atoms. The SMILES string of the molecule is Cc1c(-c2ccccc2)cccc1-c1nc2ccc(CN3CCC[C@@H]3C(=O)O)cc2[nH]1. The van der Waals surface area contributed by atoms with Crippen LogP contribution < -0.4 is 0 Å². The number of fused-ring (bicyclic) bond motifs is 1. The highest BCUT2D eigenvalue weighted by atomic mass is 16.4. The molecule has 5 heteroatoms. The van der Waals surface area contributed by atoms with E-state index in [-0.39, 0.29) is 6.04 Å². The topological polar surface area (TPSA) is 69.2 Å². The molecule has 156 valence electrons. The number of aromatic amines is 1. The number of hydrogen-bond donors (Lipinski definition) is 2. The van der Waals surface area contributed by atoms with Gasteiger partial charge in [-0.05, 0) is 60.7 Å². The molecule has 0 amide bonds. The summed E-state index contributed by atoms with van der Waals surface area (Å²) in [5.41, 5.74) is 7.67. The van der Waals surface area contributed by atoms with Crippen molar-refractivity contribution >= 4 is 17.0 Å². The van der Waals surface area contributed by atoms with Crippen molar-refractivity contribution in [2.75, 3.05) is 6.54 Å². The van der Waals surface area contributed by atoms with Gasteiger partial charge in [0.2, 0.25) is 0 Å². The number of aromatic nitrogens is 2. The van der Waals surface area contributed by atoms with Gasteiger partial charge >= 0.3 is 5.97 Å². The van der Waals surface area contributed by atoms with Crippen LogP contribution in [0.1, 0.15) is 24.0 Å². The van der Waals surface area contributed by atoms with Crippen molar-refractivity contribution in [2.45, 2.75) is 32.4 Å². The summed E-state index contributed by atoms with van der Waals surface area (Å²) in [5, 5.41) is 9.44. The highest BCUT2D eigenvalue weighted by Crippen LogP contribution is 2.31. The van der Waals surface area contributed by atoms with Crippen molar-refractivity contribution in [3.05, 3.63) is 77.9 Å². The Hall–Kier alpha value is -3.44. The van der Waals surface area contributed by atoms with Crippen LogP contribution in [0.15, 0.2) is 66.7 Å². The number of likely N-dealkylation sites (tertiary alicyclic amines) is 1. The Morgan fingerprint density at radius 1 is 1.10 bits per heavy atom. The van der Waals surface area contributed by atoms with Crippen LogP contribution in [0, 0.1) is 6.92 Å². The first-order chi connectivity index (χ1) is 15.1. The van der Waals surface area contributed by atoms with E-state index >= 15 is 0 Å². The first kappa shape index (κ1) is 19.5. The van der Waals surface area contributed by atoms with Crippen molar-refractivity contribution in [1.29, 1.82) is 0 Å². The van der Waals surface area contributed by atoms with Gasteiger partial charge in [0.15, 0.2) is 0 Å². The van der Waals surface area contributed by atoms with Gasteiger partial charge in [0.05, 0.1) is 11.0 Å². The number of carboxylic acids is 1. The smallest absolute Gasteiger partial charge is 0.320 e. The minimum atomic E-state index is -0.726. The fourth-order valence-electron chi connectivity index (χ4n) is 4.63. The molecule has 5 nitrogen and oxygen atoms in total. The van der Waals surface area contributed by atoms with Gasteiger partial charge < -0.3 is 10.1 Å². The van der Waals surface area contributed by atoms with Gasteiger partial charge in [0.25, 0.3) is 0 Å². The monoisotopic (exact) mass is 411 g/mol. The fourth-order valence-corrected chi connectivity index (χ4v) is 4.63. The van der Waals surface area contributed by atoms with Crippen LogP contribution in [0.5, 0.6) is 0 Å². The number of carboxylic acid groups (broad SMARTS) is 1. The Bertz CT molecular complexity index is 1250. The van der Waals surface area contributed by atoms with Crippen LogP contribution >= 0.6 is 0 Å². The average molecular weight is 412 g/mol. The molecule has 1 fully saturated rings. The lowest BCUT2D eigenvalue weighted by atomic mass is 9.96. The van der Waals surface area contributed by atoms with E-state index in [9.17, 15) is 9.90 Å².